The number of likely N-dealkylation sites (tertiary alicyclic amines) is 1. The van der Waals surface area contributed by atoms with Crippen molar-refractivity contribution in [3.63, 3.8) is 0 Å². The standard InChI is InChI=1S/C25H33N3O2/c1-15(20-14-27-21-8-2-5-17(24(20)21)16-10-11-16)13-23(29)28-12-4-7-18-19(25(26)30)6-3-9-22(18)28/h2,5,8,14-16,18-19,22,27H,3-4,6-7,9-13H2,1H3,(H2,26,30). The van der Waals surface area contributed by atoms with Crippen LogP contribution in [-0.2, 0) is 9.59 Å². The Morgan fingerprint density at radius 3 is 2.77 bits per heavy atom. The van der Waals surface area contributed by atoms with Gasteiger partial charge in [0.25, 0.3) is 0 Å². The number of carbonyl (C=O) groups excluding carboxylic acids is 2. The van der Waals surface area contributed by atoms with Crippen LogP contribution >= 0.6 is 0 Å². The molecule has 4 unspecified atom stereocenters. The van der Waals surface area contributed by atoms with Crippen LogP contribution in [0.3, 0.4) is 0 Å². The molecule has 160 valence electrons. The summed E-state index contributed by atoms with van der Waals surface area (Å²) in [5.41, 5.74) is 9.59. The van der Waals surface area contributed by atoms with Gasteiger partial charge in [-0.05, 0) is 73.5 Å². The van der Waals surface area contributed by atoms with Crippen molar-refractivity contribution in [3.05, 3.63) is 35.5 Å². The summed E-state index contributed by atoms with van der Waals surface area (Å²) in [4.78, 5) is 30.9. The number of nitrogens with two attached hydrogens (primary N) is 1. The Morgan fingerprint density at radius 1 is 1.17 bits per heavy atom. The molecular formula is C25H33N3O2. The van der Waals surface area contributed by atoms with E-state index in [9.17, 15) is 9.59 Å². The largest absolute Gasteiger partial charge is 0.369 e. The minimum absolute atomic E-state index is 0.0634. The number of hydrogen-bond acceptors (Lipinski definition) is 2. The normalized spacial score (nSPS) is 27.6. The summed E-state index contributed by atoms with van der Waals surface area (Å²) in [6, 6.07) is 6.72. The molecule has 4 atom stereocenters. The average Bonchev–Trinajstić information content (AvgIpc) is 3.50. The van der Waals surface area contributed by atoms with Crippen molar-refractivity contribution in [2.24, 2.45) is 17.6 Å². The highest BCUT2D eigenvalue weighted by atomic mass is 16.2. The van der Waals surface area contributed by atoms with Gasteiger partial charge in [0.2, 0.25) is 11.8 Å². The highest BCUT2D eigenvalue weighted by Crippen LogP contribution is 2.45. The van der Waals surface area contributed by atoms with Gasteiger partial charge < -0.3 is 15.6 Å². The summed E-state index contributed by atoms with van der Waals surface area (Å²) in [5, 5.41) is 1.34. The number of primary amides is 1. The van der Waals surface area contributed by atoms with Crippen LogP contribution in [0.4, 0.5) is 0 Å². The van der Waals surface area contributed by atoms with Crippen LogP contribution in [0.15, 0.2) is 24.4 Å². The smallest absolute Gasteiger partial charge is 0.223 e. The molecule has 1 aromatic heterocycles. The van der Waals surface area contributed by atoms with Gasteiger partial charge in [0.1, 0.15) is 0 Å². The first-order valence-electron chi connectivity index (χ1n) is 11.7. The molecule has 30 heavy (non-hydrogen) atoms. The Kier molecular flexibility index (Phi) is 5.08. The Morgan fingerprint density at radius 2 is 2.00 bits per heavy atom. The summed E-state index contributed by atoms with van der Waals surface area (Å²) in [6.45, 7) is 3.00. The number of fused-ring (bicyclic) bond motifs is 2. The molecule has 2 aromatic rings. The fourth-order valence-corrected chi connectivity index (χ4v) is 6.20. The molecule has 0 bridgehead atoms. The molecular weight excluding hydrogens is 374 g/mol. The molecule has 2 amide bonds. The van der Waals surface area contributed by atoms with Gasteiger partial charge in [0, 0.05) is 42.0 Å². The highest BCUT2D eigenvalue weighted by molar-refractivity contribution is 5.89. The third-order valence-electron chi connectivity index (χ3n) is 7.85. The van der Waals surface area contributed by atoms with E-state index in [0.717, 1.165) is 38.6 Å². The molecule has 3 fully saturated rings. The van der Waals surface area contributed by atoms with Crippen LogP contribution in [0.1, 0.15) is 81.3 Å². The Bertz CT molecular complexity index is 960. The molecule has 5 rings (SSSR count). The van der Waals surface area contributed by atoms with Gasteiger partial charge in [-0.2, -0.15) is 0 Å². The monoisotopic (exact) mass is 407 g/mol. The third-order valence-corrected chi connectivity index (χ3v) is 7.85. The quantitative estimate of drug-likeness (QED) is 0.769. The van der Waals surface area contributed by atoms with E-state index in [2.05, 4.69) is 41.2 Å². The zero-order chi connectivity index (χ0) is 20.8. The van der Waals surface area contributed by atoms with Crippen molar-refractivity contribution in [2.45, 2.75) is 76.2 Å². The number of benzene rings is 1. The first-order chi connectivity index (χ1) is 14.5. The highest BCUT2D eigenvalue weighted by Gasteiger charge is 2.42. The summed E-state index contributed by atoms with van der Waals surface area (Å²) < 4.78 is 0. The molecule has 1 saturated heterocycles. The van der Waals surface area contributed by atoms with Crippen molar-refractivity contribution in [2.75, 3.05) is 6.54 Å². The number of piperidine rings is 1. The first kappa shape index (κ1) is 19.7. The van der Waals surface area contributed by atoms with E-state index in [1.165, 1.54) is 34.9 Å². The molecule has 1 aromatic carbocycles. The predicted octanol–water partition coefficient (Wildman–Crippen LogP) is 4.43. The molecule has 2 heterocycles. The van der Waals surface area contributed by atoms with Gasteiger partial charge in [-0.3, -0.25) is 9.59 Å². The molecule has 5 nitrogen and oxygen atoms in total. The second-order valence-corrected chi connectivity index (χ2v) is 9.79. The lowest BCUT2D eigenvalue weighted by molar-refractivity contribution is -0.142. The van der Waals surface area contributed by atoms with Crippen molar-refractivity contribution in [1.82, 2.24) is 9.88 Å². The van der Waals surface area contributed by atoms with Crippen molar-refractivity contribution in [1.29, 1.82) is 0 Å². The Hall–Kier alpha value is -2.30. The van der Waals surface area contributed by atoms with E-state index in [0.29, 0.717) is 12.3 Å². The van der Waals surface area contributed by atoms with Gasteiger partial charge in [-0.25, -0.2) is 0 Å². The van der Waals surface area contributed by atoms with Crippen LogP contribution in [0, 0.1) is 11.8 Å². The number of aromatic amines is 1. The van der Waals surface area contributed by atoms with Crippen molar-refractivity contribution < 1.29 is 9.59 Å². The van der Waals surface area contributed by atoms with Gasteiger partial charge in [-0.15, -0.1) is 0 Å². The number of nitrogens with zero attached hydrogens (tertiary/aromatic N) is 1. The number of nitrogens with one attached hydrogen (secondary N) is 1. The van der Waals surface area contributed by atoms with E-state index in [-0.39, 0.29) is 35.6 Å². The number of carbonyl (C=O) groups is 2. The summed E-state index contributed by atoms with van der Waals surface area (Å²) in [7, 11) is 0. The second kappa shape index (κ2) is 7.75. The summed E-state index contributed by atoms with van der Waals surface area (Å²) >= 11 is 0. The van der Waals surface area contributed by atoms with Gasteiger partial charge in [0.15, 0.2) is 0 Å². The van der Waals surface area contributed by atoms with Crippen LogP contribution in [0.5, 0.6) is 0 Å². The number of aromatic nitrogens is 1. The van der Waals surface area contributed by atoms with E-state index < -0.39 is 0 Å². The second-order valence-electron chi connectivity index (χ2n) is 9.79. The minimum atomic E-state index is -0.182. The molecule has 0 spiro atoms. The van der Waals surface area contributed by atoms with Gasteiger partial charge >= 0.3 is 0 Å². The van der Waals surface area contributed by atoms with E-state index in [4.69, 9.17) is 5.73 Å². The first-order valence-corrected chi connectivity index (χ1v) is 11.7. The molecule has 2 aliphatic carbocycles. The maximum absolute atomic E-state index is 13.4. The van der Waals surface area contributed by atoms with E-state index in [1.54, 1.807) is 0 Å². The number of rotatable bonds is 5. The van der Waals surface area contributed by atoms with Crippen molar-refractivity contribution >= 4 is 22.7 Å². The van der Waals surface area contributed by atoms with Crippen LogP contribution in [0.2, 0.25) is 0 Å². The Labute approximate surface area is 178 Å². The number of amides is 2. The van der Waals surface area contributed by atoms with Gasteiger partial charge in [-0.1, -0.05) is 25.5 Å². The molecule has 3 N–H and O–H groups in total. The van der Waals surface area contributed by atoms with Crippen LogP contribution in [0.25, 0.3) is 10.9 Å². The zero-order valence-corrected chi connectivity index (χ0v) is 17.9. The van der Waals surface area contributed by atoms with Gasteiger partial charge in [0.05, 0.1) is 0 Å². The SMILES string of the molecule is CC(CC(=O)N1CCCC2C(C(N)=O)CCCC21)c1c[nH]c2cccc(C3CC3)c12. The third kappa shape index (κ3) is 3.42. The molecule has 0 radical (unpaired) electrons. The molecule has 5 heteroatoms. The average molecular weight is 408 g/mol. The zero-order valence-electron chi connectivity index (χ0n) is 17.9. The lowest BCUT2D eigenvalue weighted by Gasteiger charge is -2.47. The molecule has 3 aliphatic rings. The maximum Gasteiger partial charge on any atom is 0.223 e. The summed E-state index contributed by atoms with van der Waals surface area (Å²) in [6.07, 6.45) is 10.1. The van der Waals surface area contributed by atoms with E-state index >= 15 is 0 Å². The van der Waals surface area contributed by atoms with Crippen LogP contribution in [-0.4, -0.2) is 34.3 Å². The fraction of sp³-hybridized carbons (Fsp3) is 0.600. The number of hydrogen-bond donors (Lipinski definition) is 2. The lowest BCUT2D eigenvalue weighted by Crippen LogP contribution is -2.54. The molecule has 2 saturated carbocycles. The lowest BCUT2D eigenvalue weighted by atomic mass is 9.70. The topological polar surface area (TPSA) is 79.2 Å². The fourth-order valence-electron chi connectivity index (χ4n) is 6.20. The van der Waals surface area contributed by atoms with E-state index in [1.807, 2.05) is 0 Å². The maximum atomic E-state index is 13.4. The predicted molar refractivity (Wildman–Crippen MR) is 118 cm³/mol. The molecule has 1 aliphatic heterocycles. The number of H-pyrrole nitrogens is 1. The Balaban J connectivity index is 1.35. The minimum Gasteiger partial charge on any atom is -0.369 e. The van der Waals surface area contributed by atoms with Crippen molar-refractivity contribution in [3.8, 4) is 0 Å². The van der Waals surface area contributed by atoms with Crippen LogP contribution < -0.4 is 5.73 Å². The summed E-state index contributed by atoms with van der Waals surface area (Å²) in [5.74, 6) is 1.09.